The normalized spacial score (nSPS) is 11.2. The first-order valence-corrected chi connectivity index (χ1v) is 4.25. The second-order valence-corrected chi connectivity index (χ2v) is 2.39. The summed E-state index contributed by atoms with van der Waals surface area (Å²) in [6.45, 7) is 4.27. The number of carbonyl (C=O) groups excluding carboxylic acids is 1. The van der Waals surface area contributed by atoms with Crippen molar-refractivity contribution in [3.63, 3.8) is 0 Å². The number of rotatable bonds is 5. The van der Waals surface area contributed by atoms with E-state index in [9.17, 15) is 4.79 Å². The predicted octanol–water partition coefficient (Wildman–Crippen LogP) is 2.46. The molecule has 0 aromatic heterocycles. The molecule has 0 aliphatic heterocycles. The molecule has 0 heterocycles. The molecule has 0 aromatic rings. The largest absolute Gasteiger partial charge is 0.458 e. The van der Waals surface area contributed by atoms with Gasteiger partial charge in [0.15, 0.2) is 0 Å². The number of carbonyl (C=O) groups is 1. The highest BCUT2D eigenvalue weighted by atomic mass is 16.5. The molecule has 2 nitrogen and oxygen atoms in total. The van der Waals surface area contributed by atoms with E-state index in [1.54, 1.807) is 13.0 Å². The SMILES string of the molecule is C/C=C/C(=O)OC/C=C/CCC. The van der Waals surface area contributed by atoms with E-state index in [1.807, 2.05) is 12.2 Å². The maximum absolute atomic E-state index is 10.7. The highest BCUT2D eigenvalue weighted by molar-refractivity contribution is 5.81. The molecule has 2 heteroatoms. The third-order valence-electron chi connectivity index (χ3n) is 1.25. The van der Waals surface area contributed by atoms with Gasteiger partial charge in [-0.05, 0) is 13.3 Å². The summed E-state index contributed by atoms with van der Waals surface area (Å²) < 4.78 is 4.82. The van der Waals surface area contributed by atoms with Gasteiger partial charge in [0.25, 0.3) is 0 Å². The fourth-order valence-corrected chi connectivity index (χ4v) is 0.667. The van der Waals surface area contributed by atoms with Crippen molar-refractivity contribution in [1.82, 2.24) is 0 Å². The topological polar surface area (TPSA) is 26.3 Å². The van der Waals surface area contributed by atoms with Crippen LogP contribution in [0.5, 0.6) is 0 Å². The maximum Gasteiger partial charge on any atom is 0.330 e. The van der Waals surface area contributed by atoms with Crippen molar-refractivity contribution in [2.45, 2.75) is 26.7 Å². The fraction of sp³-hybridized carbons (Fsp3) is 0.500. The Hall–Kier alpha value is -1.05. The molecule has 0 N–H and O–H groups in total. The summed E-state index contributed by atoms with van der Waals surface area (Å²) in [6.07, 6.45) is 9.13. The van der Waals surface area contributed by atoms with Gasteiger partial charge in [-0.25, -0.2) is 4.79 Å². The predicted molar refractivity (Wildman–Crippen MR) is 49.8 cm³/mol. The molecule has 0 unspecified atom stereocenters. The average Bonchev–Trinajstić information content (AvgIpc) is 2.05. The molecule has 0 rings (SSSR count). The summed E-state index contributed by atoms with van der Waals surface area (Å²) in [7, 11) is 0. The average molecular weight is 168 g/mol. The Bertz CT molecular complexity index is 169. The molecule has 12 heavy (non-hydrogen) atoms. The molecule has 0 aliphatic carbocycles. The van der Waals surface area contributed by atoms with Gasteiger partial charge >= 0.3 is 5.97 Å². The Morgan fingerprint density at radius 2 is 2.17 bits per heavy atom. The van der Waals surface area contributed by atoms with E-state index in [-0.39, 0.29) is 5.97 Å². The molecule has 0 atom stereocenters. The highest BCUT2D eigenvalue weighted by Crippen LogP contribution is 1.89. The van der Waals surface area contributed by atoms with Crippen LogP contribution in [0, 0.1) is 0 Å². The zero-order chi connectivity index (χ0) is 9.23. The summed E-state index contributed by atoms with van der Waals surface area (Å²) in [5, 5.41) is 0. The smallest absolute Gasteiger partial charge is 0.330 e. The van der Waals surface area contributed by atoms with Gasteiger partial charge in [-0.2, -0.15) is 0 Å². The van der Waals surface area contributed by atoms with Crippen molar-refractivity contribution >= 4 is 5.97 Å². The van der Waals surface area contributed by atoms with Crippen LogP contribution >= 0.6 is 0 Å². The lowest BCUT2D eigenvalue weighted by molar-refractivity contribution is -0.136. The number of hydrogen-bond donors (Lipinski definition) is 0. The molecule has 0 aromatic carbocycles. The van der Waals surface area contributed by atoms with Crippen molar-refractivity contribution in [3.8, 4) is 0 Å². The Labute approximate surface area is 73.9 Å². The lowest BCUT2D eigenvalue weighted by Crippen LogP contribution is -1.99. The van der Waals surface area contributed by atoms with Crippen LogP contribution in [0.1, 0.15) is 26.7 Å². The van der Waals surface area contributed by atoms with Crippen LogP contribution in [0.15, 0.2) is 24.3 Å². The Balaban J connectivity index is 3.36. The van der Waals surface area contributed by atoms with Gasteiger partial charge in [0.2, 0.25) is 0 Å². The molecule has 0 aliphatic rings. The van der Waals surface area contributed by atoms with Crippen LogP contribution in [0.3, 0.4) is 0 Å². The number of unbranched alkanes of at least 4 members (excludes halogenated alkanes) is 1. The molecule has 0 amide bonds. The summed E-state index contributed by atoms with van der Waals surface area (Å²) in [5.74, 6) is -0.279. The minimum absolute atomic E-state index is 0.279. The molecule has 0 saturated heterocycles. The van der Waals surface area contributed by atoms with Crippen LogP contribution in [0.2, 0.25) is 0 Å². The van der Waals surface area contributed by atoms with Crippen LogP contribution in [-0.4, -0.2) is 12.6 Å². The first kappa shape index (κ1) is 11.0. The quantitative estimate of drug-likeness (QED) is 0.358. The molecular formula is C10H16O2. The van der Waals surface area contributed by atoms with E-state index < -0.39 is 0 Å². The zero-order valence-electron chi connectivity index (χ0n) is 7.75. The molecule has 0 spiro atoms. The van der Waals surface area contributed by atoms with Gasteiger partial charge in [0.05, 0.1) is 0 Å². The minimum atomic E-state index is -0.279. The van der Waals surface area contributed by atoms with Crippen LogP contribution in [0.4, 0.5) is 0 Å². The van der Waals surface area contributed by atoms with E-state index in [4.69, 9.17) is 4.74 Å². The monoisotopic (exact) mass is 168 g/mol. The third kappa shape index (κ3) is 7.06. The number of esters is 1. The lowest BCUT2D eigenvalue weighted by Gasteiger charge is -1.94. The third-order valence-corrected chi connectivity index (χ3v) is 1.25. The van der Waals surface area contributed by atoms with Crippen molar-refractivity contribution in [3.05, 3.63) is 24.3 Å². The molecule has 0 fully saturated rings. The van der Waals surface area contributed by atoms with Crippen molar-refractivity contribution in [2.24, 2.45) is 0 Å². The van der Waals surface area contributed by atoms with E-state index in [1.165, 1.54) is 6.08 Å². The molecule has 0 radical (unpaired) electrons. The van der Waals surface area contributed by atoms with E-state index in [2.05, 4.69) is 6.92 Å². The van der Waals surface area contributed by atoms with Crippen molar-refractivity contribution in [1.29, 1.82) is 0 Å². The molecular weight excluding hydrogens is 152 g/mol. The van der Waals surface area contributed by atoms with Gasteiger partial charge in [-0.3, -0.25) is 0 Å². The first-order valence-electron chi connectivity index (χ1n) is 4.25. The number of ether oxygens (including phenoxy) is 1. The van der Waals surface area contributed by atoms with E-state index in [0.717, 1.165) is 12.8 Å². The summed E-state index contributed by atoms with van der Waals surface area (Å²) in [5.41, 5.74) is 0. The van der Waals surface area contributed by atoms with Crippen molar-refractivity contribution in [2.75, 3.05) is 6.61 Å². The number of allylic oxidation sites excluding steroid dienone is 2. The van der Waals surface area contributed by atoms with Crippen LogP contribution in [-0.2, 0) is 9.53 Å². The highest BCUT2D eigenvalue weighted by Gasteiger charge is 1.90. The Morgan fingerprint density at radius 3 is 2.75 bits per heavy atom. The van der Waals surface area contributed by atoms with Crippen LogP contribution < -0.4 is 0 Å². The summed E-state index contributed by atoms with van der Waals surface area (Å²) in [4.78, 5) is 10.7. The van der Waals surface area contributed by atoms with Gasteiger partial charge in [-0.1, -0.05) is 31.6 Å². The van der Waals surface area contributed by atoms with E-state index in [0.29, 0.717) is 6.61 Å². The standard InChI is InChI=1S/C10H16O2/c1-3-5-6-7-9-12-10(11)8-4-2/h4,6-8H,3,5,9H2,1-2H3/b7-6+,8-4+. The molecule has 0 saturated carbocycles. The molecule has 68 valence electrons. The minimum Gasteiger partial charge on any atom is -0.458 e. The van der Waals surface area contributed by atoms with E-state index >= 15 is 0 Å². The Kier molecular flexibility index (Phi) is 7.35. The first-order chi connectivity index (χ1) is 5.81. The summed E-state index contributed by atoms with van der Waals surface area (Å²) in [6, 6.07) is 0. The molecule has 0 bridgehead atoms. The van der Waals surface area contributed by atoms with Crippen molar-refractivity contribution < 1.29 is 9.53 Å². The second-order valence-electron chi connectivity index (χ2n) is 2.39. The Morgan fingerprint density at radius 1 is 1.42 bits per heavy atom. The zero-order valence-corrected chi connectivity index (χ0v) is 7.75. The lowest BCUT2D eigenvalue weighted by atomic mass is 10.3. The van der Waals surface area contributed by atoms with Crippen LogP contribution in [0.25, 0.3) is 0 Å². The van der Waals surface area contributed by atoms with Gasteiger partial charge in [0, 0.05) is 6.08 Å². The van der Waals surface area contributed by atoms with Gasteiger partial charge < -0.3 is 4.74 Å². The maximum atomic E-state index is 10.7. The second kappa shape index (κ2) is 8.05. The summed E-state index contributed by atoms with van der Waals surface area (Å²) >= 11 is 0. The van der Waals surface area contributed by atoms with Gasteiger partial charge in [-0.15, -0.1) is 0 Å². The fourth-order valence-electron chi connectivity index (χ4n) is 0.667. The van der Waals surface area contributed by atoms with Gasteiger partial charge in [0.1, 0.15) is 6.61 Å². The number of hydrogen-bond acceptors (Lipinski definition) is 2.